The number of carbonyl (C=O) groups is 1. The molecule has 1 amide bonds. The van der Waals surface area contributed by atoms with Gasteiger partial charge in [0, 0.05) is 0 Å². The monoisotopic (exact) mass is 1090 g/mol. The first-order valence-corrected chi connectivity index (χ1v) is 33.2. The molecule has 456 valence electrons. The van der Waals surface area contributed by atoms with Gasteiger partial charge in [-0.2, -0.15) is 0 Å². The van der Waals surface area contributed by atoms with Crippen LogP contribution in [0, 0.1) is 0 Å². The quantitative estimate of drug-likeness (QED) is 0.0215. The lowest BCUT2D eigenvalue weighted by Gasteiger charge is -2.40. The first-order valence-electron chi connectivity index (χ1n) is 33.2. The average Bonchev–Trinajstić information content (AvgIpc) is 3.43. The highest BCUT2D eigenvalue weighted by molar-refractivity contribution is 5.80. The Morgan fingerprint density at radius 3 is 1.16 bits per heavy atom. The molecule has 1 aliphatic rings. The van der Waals surface area contributed by atoms with Gasteiger partial charge < -0.3 is 50.5 Å². The molecular weight excluding hydrogens is 967 g/mol. The molecule has 11 nitrogen and oxygen atoms in total. The fraction of sp³-hybridized carbons (Fsp3) is 0.924. The Bertz CT molecular complexity index is 1300. The summed E-state index contributed by atoms with van der Waals surface area (Å²) in [5.41, 5.74) is 0. The minimum Gasteiger partial charge on any atom is -0.394 e. The number of hydrogen-bond acceptors (Lipinski definition) is 10. The first kappa shape index (κ1) is 73.6. The van der Waals surface area contributed by atoms with Gasteiger partial charge in [0.05, 0.1) is 25.4 Å². The number of rotatable bonds is 58. The second-order valence-electron chi connectivity index (χ2n) is 23.5. The van der Waals surface area contributed by atoms with Crippen molar-refractivity contribution < 1.29 is 50.0 Å². The summed E-state index contributed by atoms with van der Waals surface area (Å²) in [6, 6.07) is -1.19. The number of aliphatic hydroxyl groups is 7. The number of allylic oxidation sites excluding steroid dienone is 4. The molecule has 77 heavy (non-hydrogen) atoms. The maximum atomic E-state index is 13.2. The van der Waals surface area contributed by atoms with Gasteiger partial charge in [-0.1, -0.05) is 295 Å². The third kappa shape index (κ3) is 43.0. The Hall–Kier alpha value is -1.41. The third-order valence-corrected chi connectivity index (χ3v) is 16.2. The molecule has 0 spiro atoms. The van der Waals surface area contributed by atoms with Crippen molar-refractivity contribution in [2.24, 2.45) is 0 Å². The van der Waals surface area contributed by atoms with Gasteiger partial charge in [0.1, 0.15) is 36.6 Å². The van der Waals surface area contributed by atoms with E-state index >= 15 is 0 Å². The van der Waals surface area contributed by atoms with Gasteiger partial charge in [0.15, 0.2) is 6.29 Å². The summed E-state index contributed by atoms with van der Waals surface area (Å²) >= 11 is 0. The zero-order valence-corrected chi connectivity index (χ0v) is 50.2. The molecule has 0 aliphatic carbocycles. The molecule has 0 bridgehead atoms. The summed E-state index contributed by atoms with van der Waals surface area (Å²) in [6.07, 6.45) is 57.0. The molecule has 0 saturated carbocycles. The number of ether oxygens (including phenoxy) is 2. The predicted molar refractivity (Wildman–Crippen MR) is 321 cm³/mol. The Morgan fingerprint density at radius 1 is 0.442 bits per heavy atom. The lowest BCUT2D eigenvalue weighted by atomic mass is 9.98. The normalized spacial score (nSPS) is 19.6. The number of nitrogens with one attached hydrogen (secondary N) is 1. The van der Waals surface area contributed by atoms with Crippen molar-refractivity contribution in [3.8, 4) is 0 Å². The molecule has 8 N–H and O–H groups in total. The summed E-state index contributed by atoms with van der Waals surface area (Å²) in [7, 11) is 0. The van der Waals surface area contributed by atoms with Crippen molar-refractivity contribution in [1.82, 2.24) is 5.32 Å². The molecule has 0 aromatic heterocycles. The standard InChI is InChI=1S/C66H127NO10/c1-3-5-7-9-11-13-15-17-19-21-22-23-24-25-26-27-28-29-30-31-32-33-34-35-36-37-38-40-42-44-46-48-50-52-54-59(70)65(75)67-57(56-76-66-64(74)63(73)62(72)60(55-68)77-66)61(71)58(69)53-51-49-47-45-43-41-39-20-18-16-14-12-10-8-6-4-2/h20,39,45,47,57-64,66,68-74H,3-19,21-38,40-44,46,48-56H2,1-2H3,(H,67,75)/b39-20+,47-45+. The smallest absolute Gasteiger partial charge is 0.249 e. The second-order valence-corrected chi connectivity index (χ2v) is 23.5. The topological polar surface area (TPSA) is 189 Å². The Kier molecular flexibility index (Phi) is 52.7. The molecule has 9 unspecified atom stereocenters. The van der Waals surface area contributed by atoms with Crippen LogP contribution in [0.5, 0.6) is 0 Å². The lowest BCUT2D eigenvalue weighted by molar-refractivity contribution is -0.303. The van der Waals surface area contributed by atoms with Crippen LogP contribution in [0.4, 0.5) is 0 Å². The fourth-order valence-corrected chi connectivity index (χ4v) is 10.9. The number of aliphatic hydroxyl groups excluding tert-OH is 7. The predicted octanol–water partition coefficient (Wildman–Crippen LogP) is 15.2. The van der Waals surface area contributed by atoms with Gasteiger partial charge >= 0.3 is 0 Å². The fourth-order valence-electron chi connectivity index (χ4n) is 10.9. The van der Waals surface area contributed by atoms with Crippen LogP contribution in [0.2, 0.25) is 0 Å². The molecule has 1 fully saturated rings. The molecule has 1 saturated heterocycles. The minimum absolute atomic E-state index is 0.249. The molecular formula is C66H127NO10. The van der Waals surface area contributed by atoms with Crippen LogP contribution in [0.1, 0.15) is 322 Å². The Labute approximate surface area is 474 Å². The number of amides is 1. The van der Waals surface area contributed by atoms with Crippen LogP contribution >= 0.6 is 0 Å². The zero-order valence-electron chi connectivity index (χ0n) is 50.2. The van der Waals surface area contributed by atoms with E-state index in [1.165, 1.54) is 238 Å². The summed E-state index contributed by atoms with van der Waals surface area (Å²) in [6.45, 7) is 3.47. The van der Waals surface area contributed by atoms with Crippen LogP contribution in [0.3, 0.4) is 0 Å². The Morgan fingerprint density at radius 2 is 0.779 bits per heavy atom. The zero-order chi connectivity index (χ0) is 56.1. The van der Waals surface area contributed by atoms with Gasteiger partial charge in [-0.3, -0.25) is 4.79 Å². The summed E-state index contributed by atoms with van der Waals surface area (Å²) in [4.78, 5) is 13.2. The maximum absolute atomic E-state index is 13.2. The van der Waals surface area contributed by atoms with Crippen molar-refractivity contribution in [2.75, 3.05) is 13.2 Å². The number of unbranched alkanes of at least 4 members (excludes halogenated alkanes) is 42. The third-order valence-electron chi connectivity index (χ3n) is 16.2. The van der Waals surface area contributed by atoms with Crippen LogP contribution in [0.15, 0.2) is 24.3 Å². The molecule has 9 atom stereocenters. The van der Waals surface area contributed by atoms with Crippen molar-refractivity contribution >= 4 is 5.91 Å². The van der Waals surface area contributed by atoms with Crippen LogP contribution in [-0.2, 0) is 14.3 Å². The minimum atomic E-state index is -1.67. The van der Waals surface area contributed by atoms with E-state index in [4.69, 9.17) is 9.47 Å². The molecule has 1 rings (SSSR count). The number of hydrogen-bond donors (Lipinski definition) is 8. The largest absolute Gasteiger partial charge is 0.394 e. The van der Waals surface area contributed by atoms with Crippen LogP contribution in [-0.4, -0.2) is 110 Å². The lowest BCUT2D eigenvalue weighted by Crippen LogP contribution is -2.60. The summed E-state index contributed by atoms with van der Waals surface area (Å²) in [5, 5.41) is 76.2. The van der Waals surface area contributed by atoms with Crippen LogP contribution in [0.25, 0.3) is 0 Å². The van der Waals surface area contributed by atoms with Gasteiger partial charge in [0.25, 0.3) is 0 Å². The first-order chi connectivity index (χ1) is 37.7. The van der Waals surface area contributed by atoms with Crippen molar-refractivity contribution in [3.05, 3.63) is 24.3 Å². The van der Waals surface area contributed by atoms with E-state index < -0.39 is 74.2 Å². The van der Waals surface area contributed by atoms with E-state index in [0.717, 1.165) is 38.5 Å². The van der Waals surface area contributed by atoms with Crippen LogP contribution < -0.4 is 5.32 Å². The van der Waals surface area contributed by atoms with Crippen molar-refractivity contribution in [3.63, 3.8) is 0 Å². The van der Waals surface area contributed by atoms with E-state index in [1.54, 1.807) is 0 Å². The van der Waals surface area contributed by atoms with Crippen molar-refractivity contribution in [2.45, 2.75) is 377 Å². The van der Waals surface area contributed by atoms with E-state index in [1.807, 2.05) is 0 Å². The average molecular weight is 1090 g/mol. The molecule has 0 aromatic rings. The molecule has 0 radical (unpaired) electrons. The van der Waals surface area contributed by atoms with Gasteiger partial charge in [-0.05, 0) is 51.4 Å². The Balaban J connectivity index is 2.16. The highest BCUT2D eigenvalue weighted by atomic mass is 16.7. The van der Waals surface area contributed by atoms with E-state index in [9.17, 15) is 40.5 Å². The molecule has 1 aliphatic heterocycles. The van der Waals surface area contributed by atoms with Gasteiger partial charge in [-0.15, -0.1) is 0 Å². The van der Waals surface area contributed by atoms with E-state index in [0.29, 0.717) is 19.3 Å². The van der Waals surface area contributed by atoms with Gasteiger partial charge in [-0.25, -0.2) is 0 Å². The van der Waals surface area contributed by atoms with E-state index in [-0.39, 0.29) is 12.8 Å². The highest BCUT2D eigenvalue weighted by Gasteiger charge is 2.44. The molecule has 0 aromatic carbocycles. The molecule has 11 heteroatoms. The molecule has 1 heterocycles. The van der Waals surface area contributed by atoms with Crippen molar-refractivity contribution in [1.29, 1.82) is 0 Å². The highest BCUT2D eigenvalue weighted by Crippen LogP contribution is 2.24. The summed E-state index contributed by atoms with van der Waals surface area (Å²) < 4.78 is 11.1. The second kappa shape index (κ2) is 55.1. The van der Waals surface area contributed by atoms with E-state index in [2.05, 4.69) is 43.5 Å². The summed E-state index contributed by atoms with van der Waals surface area (Å²) in [5.74, 6) is -0.705. The maximum Gasteiger partial charge on any atom is 0.249 e. The van der Waals surface area contributed by atoms with Gasteiger partial charge in [0.2, 0.25) is 5.91 Å². The SMILES string of the molecule is CCCCCCCCC/C=C/CC/C=C/CCCC(O)C(O)C(COC1OC(CO)C(O)C(O)C1O)NC(=O)C(O)CCCCCCCCCCCCCCCCCCCCCCCCCCCCCCCCCCCC. The number of carbonyl (C=O) groups excluding carboxylic acids is 1.